The third-order valence-electron chi connectivity index (χ3n) is 3.58. The number of ether oxygens (including phenoxy) is 1. The van der Waals surface area contributed by atoms with Crippen LogP contribution in [0.5, 0.6) is 5.75 Å². The molecule has 0 spiro atoms. The Morgan fingerprint density at radius 3 is 2.55 bits per heavy atom. The normalized spacial score (nSPS) is 17.9. The van der Waals surface area contributed by atoms with Gasteiger partial charge < -0.3 is 15.8 Å². The lowest BCUT2D eigenvalue weighted by Crippen LogP contribution is -2.53. The Kier molecular flexibility index (Phi) is 6.30. The lowest BCUT2D eigenvalue weighted by Gasteiger charge is -2.23. The summed E-state index contributed by atoms with van der Waals surface area (Å²) < 4.78 is 5.70. The van der Waals surface area contributed by atoms with Crippen LogP contribution in [-0.4, -0.2) is 24.1 Å². The van der Waals surface area contributed by atoms with E-state index in [2.05, 4.69) is 5.32 Å². The lowest BCUT2D eigenvalue weighted by molar-refractivity contribution is -0.126. The molecule has 1 unspecified atom stereocenters. The van der Waals surface area contributed by atoms with Crippen LogP contribution in [0, 0.1) is 0 Å². The maximum atomic E-state index is 12.0. The van der Waals surface area contributed by atoms with Crippen molar-refractivity contribution in [3.05, 3.63) is 30.3 Å². The van der Waals surface area contributed by atoms with Gasteiger partial charge in [0.1, 0.15) is 11.9 Å². The lowest BCUT2D eigenvalue weighted by atomic mass is 9.98. The van der Waals surface area contributed by atoms with Crippen molar-refractivity contribution < 1.29 is 9.53 Å². The van der Waals surface area contributed by atoms with Gasteiger partial charge >= 0.3 is 0 Å². The van der Waals surface area contributed by atoms with E-state index in [-0.39, 0.29) is 24.4 Å². The molecule has 0 aromatic heterocycles. The number of para-hydroxylation sites is 1. The van der Waals surface area contributed by atoms with Gasteiger partial charge in [-0.15, -0.1) is 12.4 Å². The monoisotopic (exact) mass is 298 g/mol. The van der Waals surface area contributed by atoms with Gasteiger partial charge in [0.25, 0.3) is 0 Å². The van der Waals surface area contributed by atoms with Crippen molar-refractivity contribution in [2.45, 2.75) is 44.2 Å². The topological polar surface area (TPSA) is 64.4 Å². The van der Waals surface area contributed by atoms with Gasteiger partial charge in [-0.05, 0) is 31.9 Å². The highest BCUT2D eigenvalue weighted by Gasteiger charge is 2.36. The molecule has 1 amide bonds. The van der Waals surface area contributed by atoms with E-state index in [9.17, 15) is 4.79 Å². The SMILES string of the molecule is CC(CNC(=O)C1(N)CCCC1)Oc1ccccc1.Cl. The summed E-state index contributed by atoms with van der Waals surface area (Å²) in [6.07, 6.45) is 3.58. The number of halogens is 1. The second kappa shape index (κ2) is 7.50. The molecule has 0 bridgehead atoms. The molecular weight excluding hydrogens is 276 g/mol. The van der Waals surface area contributed by atoms with Crippen LogP contribution < -0.4 is 15.8 Å². The van der Waals surface area contributed by atoms with Crippen LogP contribution in [-0.2, 0) is 4.79 Å². The standard InChI is InChI=1S/C15H22N2O2.ClH/c1-12(19-13-7-3-2-4-8-13)11-17-14(18)15(16)9-5-6-10-15;/h2-4,7-8,12H,5-6,9-11,16H2,1H3,(H,17,18);1H. The smallest absolute Gasteiger partial charge is 0.240 e. The minimum atomic E-state index is -0.660. The predicted molar refractivity (Wildman–Crippen MR) is 82.2 cm³/mol. The third-order valence-corrected chi connectivity index (χ3v) is 3.58. The molecule has 2 rings (SSSR count). The number of carbonyl (C=O) groups is 1. The number of hydrogen-bond acceptors (Lipinski definition) is 3. The Hall–Kier alpha value is -1.26. The van der Waals surface area contributed by atoms with E-state index < -0.39 is 5.54 Å². The van der Waals surface area contributed by atoms with E-state index in [4.69, 9.17) is 10.5 Å². The van der Waals surface area contributed by atoms with Crippen molar-refractivity contribution in [2.75, 3.05) is 6.54 Å². The highest BCUT2D eigenvalue weighted by molar-refractivity contribution is 5.86. The molecule has 5 heteroatoms. The predicted octanol–water partition coefficient (Wildman–Crippen LogP) is 2.26. The summed E-state index contributed by atoms with van der Waals surface area (Å²) in [5.74, 6) is 0.765. The summed E-state index contributed by atoms with van der Waals surface area (Å²) in [7, 11) is 0. The molecular formula is C15H23ClN2O2. The minimum absolute atomic E-state index is 0. The first-order valence-corrected chi connectivity index (χ1v) is 6.89. The van der Waals surface area contributed by atoms with Gasteiger partial charge in [-0.1, -0.05) is 31.0 Å². The summed E-state index contributed by atoms with van der Waals surface area (Å²) in [5.41, 5.74) is 5.43. The van der Waals surface area contributed by atoms with Crippen molar-refractivity contribution in [3.8, 4) is 5.75 Å². The quantitative estimate of drug-likeness (QED) is 0.876. The number of amides is 1. The van der Waals surface area contributed by atoms with Crippen molar-refractivity contribution in [1.82, 2.24) is 5.32 Å². The molecule has 4 nitrogen and oxygen atoms in total. The molecule has 1 fully saturated rings. The maximum Gasteiger partial charge on any atom is 0.240 e. The second-order valence-corrected chi connectivity index (χ2v) is 5.31. The molecule has 112 valence electrons. The molecule has 1 aliphatic carbocycles. The van der Waals surface area contributed by atoms with Crippen LogP contribution in [0.1, 0.15) is 32.6 Å². The summed E-state index contributed by atoms with van der Waals surface area (Å²) in [6.45, 7) is 2.41. The van der Waals surface area contributed by atoms with Crippen LogP contribution in [0.3, 0.4) is 0 Å². The Labute approximate surface area is 126 Å². The summed E-state index contributed by atoms with van der Waals surface area (Å²) in [6, 6.07) is 9.60. The molecule has 0 saturated heterocycles. The van der Waals surface area contributed by atoms with Gasteiger partial charge in [-0.25, -0.2) is 0 Å². The van der Waals surface area contributed by atoms with Crippen LogP contribution >= 0.6 is 12.4 Å². The highest BCUT2D eigenvalue weighted by Crippen LogP contribution is 2.27. The minimum Gasteiger partial charge on any atom is -0.489 e. The second-order valence-electron chi connectivity index (χ2n) is 5.31. The average Bonchev–Trinajstić information content (AvgIpc) is 2.85. The van der Waals surface area contributed by atoms with Crippen molar-refractivity contribution in [2.24, 2.45) is 5.73 Å². The summed E-state index contributed by atoms with van der Waals surface area (Å²) >= 11 is 0. The molecule has 3 N–H and O–H groups in total. The van der Waals surface area contributed by atoms with Gasteiger partial charge in [-0.3, -0.25) is 4.79 Å². The average molecular weight is 299 g/mol. The number of benzene rings is 1. The largest absolute Gasteiger partial charge is 0.489 e. The van der Waals surface area contributed by atoms with Gasteiger partial charge in [-0.2, -0.15) is 0 Å². The summed E-state index contributed by atoms with van der Waals surface area (Å²) in [4.78, 5) is 12.0. The number of nitrogens with two attached hydrogens (primary N) is 1. The fourth-order valence-electron chi connectivity index (χ4n) is 2.42. The third kappa shape index (κ3) is 4.39. The molecule has 1 atom stereocenters. The van der Waals surface area contributed by atoms with Crippen LogP contribution in [0.15, 0.2) is 30.3 Å². The van der Waals surface area contributed by atoms with Gasteiger partial charge in [0, 0.05) is 0 Å². The number of rotatable bonds is 5. The van der Waals surface area contributed by atoms with Gasteiger partial charge in [0.05, 0.1) is 12.1 Å². The number of hydrogen-bond donors (Lipinski definition) is 2. The van der Waals surface area contributed by atoms with Crippen LogP contribution in [0.2, 0.25) is 0 Å². The Morgan fingerprint density at radius 2 is 1.95 bits per heavy atom. The fraction of sp³-hybridized carbons (Fsp3) is 0.533. The molecule has 0 heterocycles. The highest BCUT2D eigenvalue weighted by atomic mass is 35.5. The Morgan fingerprint density at radius 1 is 1.35 bits per heavy atom. The van der Waals surface area contributed by atoms with Gasteiger partial charge in [0.2, 0.25) is 5.91 Å². The zero-order chi connectivity index (χ0) is 13.7. The Bertz CT molecular complexity index is 419. The van der Waals surface area contributed by atoms with Crippen molar-refractivity contribution in [1.29, 1.82) is 0 Å². The fourth-order valence-corrected chi connectivity index (χ4v) is 2.42. The van der Waals surface area contributed by atoms with E-state index in [1.807, 2.05) is 37.3 Å². The molecule has 0 aliphatic heterocycles. The molecule has 20 heavy (non-hydrogen) atoms. The van der Waals surface area contributed by atoms with E-state index in [1.54, 1.807) is 0 Å². The zero-order valence-corrected chi connectivity index (χ0v) is 12.6. The Balaban J connectivity index is 0.00000200. The van der Waals surface area contributed by atoms with Gasteiger partial charge in [0.15, 0.2) is 0 Å². The molecule has 1 aromatic carbocycles. The van der Waals surface area contributed by atoms with Crippen molar-refractivity contribution in [3.63, 3.8) is 0 Å². The number of carbonyl (C=O) groups excluding carboxylic acids is 1. The first-order valence-electron chi connectivity index (χ1n) is 6.89. The maximum absolute atomic E-state index is 12.0. The zero-order valence-electron chi connectivity index (χ0n) is 11.8. The molecule has 0 radical (unpaired) electrons. The van der Waals surface area contributed by atoms with Crippen LogP contribution in [0.4, 0.5) is 0 Å². The molecule has 1 saturated carbocycles. The first kappa shape index (κ1) is 16.8. The van der Waals surface area contributed by atoms with E-state index in [1.165, 1.54) is 0 Å². The van der Waals surface area contributed by atoms with Crippen molar-refractivity contribution >= 4 is 18.3 Å². The summed E-state index contributed by atoms with van der Waals surface area (Å²) in [5, 5.41) is 2.90. The van der Waals surface area contributed by atoms with E-state index in [0.29, 0.717) is 6.54 Å². The molecule has 1 aliphatic rings. The van der Waals surface area contributed by atoms with Crippen LogP contribution in [0.25, 0.3) is 0 Å². The molecule has 1 aromatic rings. The van der Waals surface area contributed by atoms with E-state index in [0.717, 1.165) is 31.4 Å². The number of nitrogens with one attached hydrogen (secondary N) is 1. The van der Waals surface area contributed by atoms with E-state index >= 15 is 0 Å². The first-order chi connectivity index (χ1) is 9.10.